The fourth-order valence-electron chi connectivity index (χ4n) is 1.81. The van der Waals surface area contributed by atoms with Crippen molar-refractivity contribution in [3.05, 3.63) is 47.5 Å². The average Bonchev–Trinajstić information content (AvgIpc) is 2.53. The summed E-state index contributed by atoms with van der Waals surface area (Å²) >= 11 is 0. The molecule has 1 aromatic carbocycles. The van der Waals surface area contributed by atoms with Crippen molar-refractivity contribution in [3.63, 3.8) is 0 Å². The minimum Gasteiger partial charge on any atom is -0.480 e. The van der Waals surface area contributed by atoms with Gasteiger partial charge in [0.15, 0.2) is 0 Å². The molecule has 0 unspecified atom stereocenters. The van der Waals surface area contributed by atoms with Gasteiger partial charge in [0, 0.05) is 5.56 Å². The van der Waals surface area contributed by atoms with Crippen LogP contribution in [0.4, 0.5) is 0 Å². The normalized spacial score (nSPS) is 9.65. The van der Waals surface area contributed by atoms with E-state index in [2.05, 4.69) is 9.72 Å². The maximum absolute atomic E-state index is 11.7. The zero-order valence-electron chi connectivity index (χ0n) is 11.1. The summed E-state index contributed by atoms with van der Waals surface area (Å²) in [6.45, 7) is 0. The summed E-state index contributed by atoms with van der Waals surface area (Å²) in [6.07, 6.45) is 0. The van der Waals surface area contributed by atoms with Gasteiger partial charge in [-0.15, -0.1) is 0 Å². The topological polar surface area (TPSA) is 72.2 Å². The van der Waals surface area contributed by atoms with Crippen LogP contribution in [0.3, 0.4) is 0 Å². The minimum absolute atomic E-state index is 0.131. The number of hydrogen-bond acceptors (Lipinski definition) is 5. The number of hydrogen-bond donors (Lipinski definition) is 0. The van der Waals surface area contributed by atoms with Crippen molar-refractivity contribution in [1.82, 2.24) is 4.98 Å². The maximum Gasteiger partial charge on any atom is 0.343 e. The van der Waals surface area contributed by atoms with Crippen LogP contribution in [0.2, 0.25) is 0 Å². The van der Waals surface area contributed by atoms with E-state index in [1.807, 2.05) is 36.4 Å². The van der Waals surface area contributed by atoms with Crippen LogP contribution < -0.4 is 4.74 Å². The maximum atomic E-state index is 11.7. The fourth-order valence-corrected chi connectivity index (χ4v) is 1.81. The molecule has 5 heteroatoms. The number of pyridine rings is 1. The minimum atomic E-state index is -0.592. The van der Waals surface area contributed by atoms with Crippen LogP contribution in [0.15, 0.2) is 36.4 Å². The first kappa shape index (κ1) is 13.6. The lowest BCUT2D eigenvalue weighted by Crippen LogP contribution is -2.07. The van der Waals surface area contributed by atoms with Crippen molar-refractivity contribution in [3.8, 4) is 23.2 Å². The average molecular weight is 268 g/mol. The van der Waals surface area contributed by atoms with Gasteiger partial charge in [0.1, 0.15) is 11.6 Å². The van der Waals surface area contributed by atoms with Crippen molar-refractivity contribution >= 4 is 5.97 Å². The number of carbonyl (C=O) groups is 1. The lowest BCUT2D eigenvalue weighted by molar-refractivity contribution is 0.0596. The summed E-state index contributed by atoms with van der Waals surface area (Å²) in [5.74, 6) is -0.458. The first-order valence-corrected chi connectivity index (χ1v) is 5.84. The highest BCUT2D eigenvalue weighted by Crippen LogP contribution is 2.27. The first-order chi connectivity index (χ1) is 9.71. The van der Waals surface area contributed by atoms with E-state index < -0.39 is 5.97 Å². The molecule has 1 heterocycles. The van der Waals surface area contributed by atoms with E-state index >= 15 is 0 Å². The van der Waals surface area contributed by atoms with E-state index in [-0.39, 0.29) is 17.0 Å². The summed E-state index contributed by atoms with van der Waals surface area (Å²) in [7, 11) is 2.68. The molecule has 0 amide bonds. The molecule has 0 N–H and O–H groups in total. The molecule has 0 spiro atoms. The Labute approximate surface area is 116 Å². The summed E-state index contributed by atoms with van der Waals surface area (Å²) < 4.78 is 9.76. The molecule has 0 aliphatic heterocycles. The highest BCUT2D eigenvalue weighted by atomic mass is 16.5. The zero-order valence-corrected chi connectivity index (χ0v) is 11.1. The largest absolute Gasteiger partial charge is 0.480 e. The van der Waals surface area contributed by atoms with Gasteiger partial charge in [-0.3, -0.25) is 0 Å². The number of aromatic nitrogens is 1. The summed E-state index contributed by atoms with van der Waals surface area (Å²) in [4.78, 5) is 15.9. The van der Waals surface area contributed by atoms with Crippen LogP contribution in [0.5, 0.6) is 5.88 Å². The Kier molecular flexibility index (Phi) is 3.96. The Balaban J connectivity index is 2.66. The van der Waals surface area contributed by atoms with Gasteiger partial charge in [0.2, 0.25) is 5.88 Å². The number of rotatable bonds is 3. The molecule has 0 saturated carbocycles. The molecule has 0 atom stereocenters. The van der Waals surface area contributed by atoms with E-state index in [4.69, 9.17) is 4.74 Å². The van der Waals surface area contributed by atoms with Gasteiger partial charge in [-0.05, 0) is 6.07 Å². The van der Waals surface area contributed by atoms with E-state index in [9.17, 15) is 10.1 Å². The number of benzene rings is 1. The molecule has 0 saturated heterocycles. The van der Waals surface area contributed by atoms with E-state index in [1.165, 1.54) is 20.3 Å². The Morgan fingerprint density at radius 3 is 2.50 bits per heavy atom. The molecule has 2 aromatic rings. The van der Waals surface area contributed by atoms with Crippen LogP contribution in [0, 0.1) is 11.3 Å². The number of esters is 1. The summed E-state index contributed by atoms with van der Waals surface area (Å²) in [5, 5.41) is 9.24. The van der Waals surface area contributed by atoms with Gasteiger partial charge in [-0.1, -0.05) is 30.3 Å². The molecule has 0 fully saturated rings. The van der Waals surface area contributed by atoms with Gasteiger partial charge in [-0.25, -0.2) is 9.78 Å². The van der Waals surface area contributed by atoms with Crippen molar-refractivity contribution in [1.29, 1.82) is 5.26 Å². The Morgan fingerprint density at radius 1 is 1.25 bits per heavy atom. The van der Waals surface area contributed by atoms with Gasteiger partial charge < -0.3 is 9.47 Å². The molecule has 100 valence electrons. The van der Waals surface area contributed by atoms with Crippen LogP contribution in [0.1, 0.15) is 15.9 Å². The number of carbonyl (C=O) groups excluding carboxylic acids is 1. The smallest absolute Gasteiger partial charge is 0.343 e. The lowest BCUT2D eigenvalue weighted by Gasteiger charge is -2.10. The zero-order chi connectivity index (χ0) is 14.5. The molecular weight excluding hydrogens is 256 g/mol. The summed E-state index contributed by atoms with van der Waals surface area (Å²) in [5.41, 5.74) is 1.67. The molecule has 1 aromatic heterocycles. The number of nitrogens with zero attached hydrogens (tertiary/aromatic N) is 2. The Bertz CT molecular complexity index is 676. The van der Waals surface area contributed by atoms with Crippen molar-refractivity contribution in [2.45, 2.75) is 0 Å². The Morgan fingerprint density at radius 2 is 1.95 bits per heavy atom. The van der Waals surface area contributed by atoms with Gasteiger partial charge in [0.25, 0.3) is 0 Å². The quantitative estimate of drug-likeness (QED) is 0.799. The molecule has 2 rings (SSSR count). The summed E-state index contributed by atoms with van der Waals surface area (Å²) in [6, 6.07) is 12.7. The molecule has 5 nitrogen and oxygen atoms in total. The molecule has 20 heavy (non-hydrogen) atoms. The van der Waals surface area contributed by atoms with E-state index in [1.54, 1.807) is 0 Å². The van der Waals surface area contributed by atoms with Gasteiger partial charge in [-0.2, -0.15) is 5.26 Å². The second kappa shape index (κ2) is 5.85. The third-order valence-corrected chi connectivity index (χ3v) is 2.75. The van der Waals surface area contributed by atoms with E-state index in [0.29, 0.717) is 5.69 Å². The molecule has 0 bridgehead atoms. The fraction of sp³-hybridized carbons (Fsp3) is 0.133. The second-order valence-electron chi connectivity index (χ2n) is 3.91. The van der Waals surface area contributed by atoms with Gasteiger partial charge in [0.05, 0.1) is 25.5 Å². The third-order valence-electron chi connectivity index (χ3n) is 2.75. The van der Waals surface area contributed by atoms with Crippen LogP contribution in [0.25, 0.3) is 11.3 Å². The SMILES string of the molecule is COC(=O)c1cc(C#N)c(-c2ccccc2)nc1OC. The lowest BCUT2D eigenvalue weighted by atomic mass is 10.0. The molecule has 0 aliphatic rings. The van der Waals surface area contributed by atoms with Crippen molar-refractivity contribution in [2.75, 3.05) is 14.2 Å². The third kappa shape index (κ3) is 2.45. The van der Waals surface area contributed by atoms with Crippen LogP contribution >= 0.6 is 0 Å². The predicted molar refractivity (Wildman–Crippen MR) is 72.3 cm³/mol. The standard InChI is InChI=1S/C15H12N2O3/c1-19-14-12(15(18)20-2)8-11(9-16)13(17-14)10-6-4-3-5-7-10/h3-8H,1-2H3. The second-order valence-corrected chi connectivity index (χ2v) is 3.91. The monoisotopic (exact) mass is 268 g/mol. The van der Waals surface area contributed by atoms with Crippen molar-refractivity contribution < 1.29 is 14.3 Å². The molecule has 0 aliphatic carbocycles. The molecular formula is C15H12N2O3. The number of methoxy groups -OCH3 is 2. The number of nitriles is 1. The predicted octanol–water partition coefficient (Wildman–Crippen LogP) is 2.42. The highest BCUT2D eigenvalue weighted by molar-refractivity contribution is 5.93. The van der Waals surface area contributed by atoms with E-state index in [0.717, 1.165) is 5.56 Å². The first-order valence-electron chi connectivity index (χ1n) is 5.84. The Hall–Kier alpha value is -2.87. The molecule has 0 radical (unpaired) electrons. The highest BCUT2D eigenvalue weighted by Gasteiger charge is 2.19. The van der Waals surface area contributed by atoms with Crippen LogP contribution in [-0.2, 0) is 4.74 Å². The number of ether oxygens (including phenoxy) is 2. The van der Waals surface area contributed by atoms with Crippen LogP contribution in [-0.4, -0.2) is 25.2 Å². The van der Waals surface area contributed by atoms with Crippen molar-refractivity contribution in [2.24, 2.45) is 0 Å². The van der Waals surface area contributed by atoms with Gasteiger partial charge >= 0.3 is 5.97 Å².